The topological polar surface area (TPSA) is 12.0 Å². The van der Waals surface area contributed by atoms with Crippen LogP contribution in [0.15, 0.2) is 0 Å². The zero-order valence-electron chi connectivity index (χ0n) is 8.93. The van der Waals surface area contributed by atoms with Crippen LogP contribution in [-0.2, 0) is 0 Å². The van der Waals surface area contributed by atoms with Crippen molar-refractivity contribution in [3.63, 3.8) is 0 Å². The molecule has 0 radical (unpaired) electrons. The van der Waals surface area contributed by atoms with Gasteiger partial charge in [0.25, 0.3) is 0 Å². The normalized spacial score (nSPS) is 55.3. The standard InChI is InChI=1S/C12H20ClN/c1-14-7-12-5-8-2-9(6-12)4-10(3-8)11(12)13/h8-11,14H,2-7H2,1H3. The summed E-state index contributed by atoms with van der Waals surface area (Å²) in [5.74, 6) is 2.86. The van der Waals surface area contributed by atoms with Crippen LogP contribution in [0.25, 0.3) is 0 Å². The van der Waals surface area contributed by atoms with Crippen molar-refractivity contribution in [1.29, 1.82) is 0 Å². The molecule has 2 heteroatoms. The lowest BCUT2D eigenvalue weighted by atomic mass is 9.49. The summed E-state index contributed by atoms with van der Waals surface area (Å²) in [7, 11) is 2.07. The Morgan fingerprint density at radius 3 is 2.43 bits per heavy atom. The molecule has 4 saturated carbocycles. The fourth-order valence-corrected chi connectivity index (χ4v) is 5.20. The Bertz CT molecular complexity index is 226. The third-order valence-electron chi connectivity index (χ3n) is 4.86. The third kappa shape index (κ3) is 1.18. The monoisotopic (exact) mass is 213 g/mol. The van der Waals surface area contributed by atoms with Gasteiger partial charge in [0.15, 0.2) is 0 Å². The summed E-state index contributed by atoms with van der Waals surface area (Å²) >= 11 is 6.67. The fraction of sp³-hybridized carbons (Fsp3) is 1.00. The van der Waals surface area contributed by atoms with Crippen molar-refractivity contribution in [2.75, 3.05) is 13.6 Å². The van der Waals surface area contributed by atoms with Crippen molar-refractivity contribution in [3.05, 3.63) is 0 Å². The van der Waals surface area contributed by atoms with Gasteiger partial charge < -0.3 is 5.32 Å². The van der Waals surface area contributed by atoms with E-state index in [2.05, 4.69) is 12.4 Å². The molecule has 3 atom stereocenters. The van der Waals surface area contributed by atoms with Crippen LogP contribution in [0.5, 0.6) is 0 Å². The maximum Gasteiger partial charge on any atom is 0.0433 e. The van der Waals surface area contributed by atoms with Crippen molar-refractivity contribution in [2.24, 2.45) is 23.2 Å². The Hall–Kier alpha value is 0.250. The molecule has 4 bridgehead atoms. The zero-order valence-corrected chi connectivity index (χ0v) is 9.69. The molecule has 0 heterocycles. The third-order valence-corrected chi connectivity index (χ3v) is 5.68. The summed E-state index contributed by atoms with van der Waals surface area (Å²) in [6.07, 6.45) is 7.15. The molecule has 0 aromatic carbocycles. The molecular formula is C12H20ClN. The summed E-state index contributed by atoms with van der Waals surface area (Å²) in [5.41, 5.74) is 0.463. The zero-order chi connectivity index (χ0) is 9.76. The second kappa shape index (κ2) is 3.12. The molecule has 4 fully saturated rings. The SMILES string of the molecule is CNCC12CC3CC(CC(C3)C1Cl)C2. The van der Waals surface area contributed by atoms with E-state index < -0.39 is 0 Å². The second-order valence-electron chi connectivity index (χ2n) is 5.90. The van der Waals surface area contributed by atoms with E-state index in [0.717, 1.165) is 24.3 Å². The molecule has 4 aliphatic rings. The summed E-state index contributed by atoms with van der Waals surface area (Å²) in [5, 5.41) is 3.83. The number of alkyl halides is 1. The Morgan fingerprint density at radius 1 is 1.21 bits per heavy atom. The van der Waals surface area contributed by atoms with Crippen LogP contribution in [0.3, 0.4) is 0 Å². The Labute approximate surface area is 91.6 Å². The van der Waals surface area contributed by atoms with Gasteiger partial charge in [-0.15, -0.1) is 11.6 Å². The molecule has 0 aromatic heterocycles. The number of nitrogens with one attached hydrogen (secondary N) is 1. The Morgan fingerprint density at radius 2 is 1.86 bits per heavy atom. The number of hydrogen-bond donors (Lipinski definition) is 1. The summed E-state index contributed by atoms with van der Waals surface area (Å²) in [4.78, 5) is 0. The molecule has 0 amide bonds. The average Bonchev–Trinajstić information content (AvgIpc) is 2.13. The van der Waals surface area contributed by atoms with E-state index in [4.69, 9.17) is 11.6 Å². The van der Waals surface area contributed by atoms with Gasteiger partial charge in [-0.1, -0.05) is 0 Å². The van der Waals surface area contributed by atoms with E-state index in [1.165, 1.54) is 32.1 Å². The lowest BCUT2D eigenvalue weighted by molar-refractivity contribution is -0.0454. The molecule has 4 aliphatic carbocycles. The van der Waals surface area contributed by atoms with Gasteiger partial charge in [0, 0.05) is 11.9 Å². The van der Waals surface area contributed by atoms with E-state index in [0.29, 0.717) is 10.8 Å². The molecule has 0 saturated heterocycles. The highest BCUT2D eigenvalue weighted by molar-refractivity contribution is 6.21. The minimum Gasteiger partial charge on any atom is -0.319 e. The first-order valence-electron chi connectivity index (χ1n) is 6.02. The quantitative estimate of drug-likeness (QED) is 0.696. The van der Waals surface area contributed by atoms with Gasteiger partial charge >= 0.3 is 0 Å². The fourth-order valence-electron chi connectivity index (χ4n) is 4.74. The van der Waals surface area contributed by atoms with Crippen LogP contribution in [0.4, 0.5) is 0 Å². The van der Waals surface area contributed by atoms with Gasteiger partial charge in [-0.2, -0.15) is 0 Å². The van der Waals surface area contributed by atoms with Crippen LogP contribution in [0, 0.1) is 23.2 Å². The Kier molecular flexibility index (Phi) is 2.11. The van der Waals surface area contributed by atoms with Crippen molar-refractivity contribution < 1.29 is 0 Å². The molecule has 0 aliphatic heterocycles. The van der Waals surface area contributed by atoms with Crippen LogP contribution >= 0.6 is 11.6 Å². The predicted octanol–water partition coefficient (Wildman–Crippen LogP) is 2.64. The minimum atomic E-state index is 0.461. The van der Waals surface area contributed by atoms with E-state index >= 15 is 0 Å². The molecule has 14 heavy (non-hydrogen) atoms. The maximum absolute atomic E-state index is 6.67. The lowest BCUT2D eigenvalue weighted by Crippen LogP contribution is -2.57. The first kappa shape index (κ1) is 9.47. The highest BCUT2D eigenvalue weighted by Gasteiger charge is 2.55. The molecule has 1 nitrogen and oxygen atoms in total. The Balaban J connectivity index is 1.89. The lowest BCUT2D eigenvalue weighted by Gasteiger charge is -2.59. The van der Waals surface area contributed by atoms with Crippen molar-refractivity contribution in [1.82, 2.24) is 5.32 Å². The maximum atomic E-state index is 6.67. The van der Waals surface area contributed by atoms with Crippen molar-refractivity contribution in [2.45, 2.75) is 37.5 Å². The van der Waals surface area contributed by atoms with E-state index in [1.807, 2.05) is 0 Å². The largest absolute Gasteiger partial charge is 0.319 e. The summed E-state index contributed by atoms with van der Waals surface area (Å²) in [6.45, 7) is 1.14. The van der Waals surface area contributed by atoms with Crippen LogP contribution in [-0.4, -0.2) is 19.0 Å². The van der Waals surface area contributed by atoms with Crippen LogP contribution in [0.1, 0.15) is 32.1 Å². The van der Waals surface area contributed by atoms with E-state index in [-0.39, 0.29) is 0 Å². The van der Waals surface area contributed by atoms with Gasteiger partial charge in [-0.25, -0.2) is 0 Å². The molecule has 3 unspecified atom stereocenters. The summed E-state index contributed by atoms with van der Waals surface area (Å²) < 4.78 is 0. The van der Waals surface area contributed by atoms with Crippen molar-refractivity contribution >= 4 is 11.6 Å². The smallest absolute Gasteiger partial charge is 0.0433 e. The van der Waals surface area contributed by atoms with Gasteiger partial charge in [0.1, 0.15) is 0 Å². The van der Waals surface area contributed by atoms with Gasteiger partial charge in [0.2, 0.25) is 0 Å². The number of halogens is 1. The first-order chi connectivity index (χ1) is 6.73. The molecule has 0 spiro atoms. The molecule has 4 rings (SSSR count). The molecule has 1 N–H and O–H groups in total. The van der Waals surface area contributed by atoms with Gasteiger partial charge in [-0.05, 0) is 62.3 Å². The number of rotatable bonds is 2. The van der Waals surface area contributed by atoms with Crippen LogP contribution in [0.2, 0.25) is 0 Å². The van der Waals surface area contributed by atoms with E-state index in [9.17, 15) is 0 Å². The predicted molar refractivity (Wildman–Crippen MR) is 59.6 cm³/mol. The number of hydrogen-bond acceptors (Lipinski definition) is 1. The molecule has 0 aromatic rings. The minimum absolute atomic E-state index is 0.461. The molecular weight excluding hydrogens is 194 g/mol. The second-order valence-corrected chi connectivity index (χ2v) is 6.37. The average molecular weight is 214 g/mol. The highest BCUT2D eigenvalue weighted by Crippen LogP contribution is 2.61. The van der Waals surface area contributed by atoms with Gasteiger partial charge in [-0.3, -0.25) is 0 Å². The van der Waals surface area contributed by atoms with Gasteiger partial charge in [0.05, 0.1) is 0 Å². The summed E-state index contributed by atoms with van der Waals surface area (Å²) in [6, 6.07) is 0. The molecule has 80 valence electrons. The van der Waals surface area contributed by atoms with E-state index in [1.54, 1.807) is 0 Å². The highest BCUT2D eigenvalue weighted by atomic mass is 35.5. The van der Waals surface area contributed by atoms with Crippen molar-refractivity contribution in [3.8, 4) is 0 Å². The van der Waals surface area contributed by atoms with Crippen LogP contribution < -0.4 is 5.32 Å². The first-order valence-corrected chi connectivity index (χ1v) is 6.46.